The summed E-state index contributed by atoms with van der Waals surface area (Å²) in [5.41, 5.74) is -1.83. The third-order valence-corrected chi connectivity index (χ3v) is 3.29. The van der Waals surface area contributed by atoms with Crippen LogP contribution in [0, 0.1) is 13.8 Å². The molecule has 2 N–H and O–H groups in total. The van der Waals surface area contributed by atoms with E-state index in [1.165, 1.54) is 13.0 Å². The lowest BCUT2D eigenvalue weighted by atomic mass is 9.98. The second-order valence-electron chi connectivity index (χ2n) is 5.10. The first kappa shape index (κ1) is 19.0. The summed E-state index contributed by atoms with van der Waals surface area (Å²) in [5, 5.41) is 11.9. The Morgan fingerprint density at radius 1 is 1.22 bits per heavy atom. The molecule has 0 aliphatic rings. The van der Waals surface area contributed by atoms with Crippen molar-refractivity contribution >= 4 is 17.6 Å². The molecule has 1 aromatic rings. The molecule has 0 bridgehead atoms. The number of ether oxygens (including phenoxy) is 1. The van der Waals surface area contributed by atoms with Crippen molar-refractivity contribution in [1.29, 1.82) is 0 Å². The first-order valence-electron chi connectivity index (χ1n) is 6.84. The monoisotopic (exact) mass is 333 g/mol. The van der Waals surface area contributed by atoms with Gasteiger partial charge in [0.05, 0.1) is 13.0 Å². The molecule has 1 rings (SSSR count). The fourth-order valence-electron chi connectivity index (χ4n) is 1.80. The number of hydrogen-bond donors (Lipinski definition) is 2. The second kappa shape index (κ2) is 6.99. The lowest BCUT2D eigenvalue weighted by molar-refractivity contribution is -0.262. The van der Waals surface area contributed by atoms with Gasteiger partial charge in [-0.3, -0.25) is 4.79 Å². The Bertz CT molecular complexity index is 601. The number of aliphatic hydroxyl groups is 1. The van der Waals surface area contributed by atoms with E-state index < -0.39 is 30.1 Å². The molecule has 0 saturated heterocycles. The molecule has 1 amide bonds. The van der Waals surface area contributed by atoms with E-state index in [0.29, 0.717) is 0 Å². The molecule has 1 aromatic carbocycles. The van der Waals surface area contributed by atoms with Crippen molar-refractivity contribution in [2.45, 2.75) is 39.0 Å². The van der Waals surface area contributed by atoms with Gasteiger partial charge in [0.15, 0.2) is 0 Å². The minimum atomic E-state index is -5.33. The van der Waals surface area contributed by atoms with Crippen LogP contribution in [0.25, 0.3) is 0 Å². The number of halogens is 3. The molecule has 128 valence electrons. The zero-order chi connectivity index (χ0) is 17.8. The van der Waals surface area contributed by atoms with Crippen LogP contribution >= 0.6 is 0 Å². The van der Waals surface area contributed by atoms with Crippen molar-refractivity contribution in [2.75, 3.05) is 11.9 Å². The van der Waals surface area contributed by atoms with Crippen LogP contribution in [0.5, 0.6) is 0 Å². The summed E-state index contributed by atoms with van der Waals surface area (Å²) in [7, 11) is 0. The Hall–Kier alpha value is -2.09. The molecule has 5 nitrogen and oxygen atoms in total. The topological polar surface area (TPSA) is 75.6 Å². The lowest BCUT2D eigenvalue weighted by Crippen LogP contribution is -2.54. The minimum absolute atomic E-state index is 0.270. The van der Waals surface area contributed by atoms with Crippen LogP contribution in [-0.2, 0) is 14.3 Å². The third kappa shape index (κ3) is 4.44. The van der Waals surface area contributed by atoms with E-state index in [9.17, 15) is 27.9 Å². The number of benzene rings is 1. The quantitative estimate of drug-likeness (QED) is 0.812. The summed E-state index contributed by atoms with van der Waals surface area (Å²) in [6, 6.07) is 4.77. The number of carbonyl (C=O) groups is 2. The Morgan fingerprint density at radius 2 is 1.83 bits per heavy atom. The maximum Gasteiger partial charge on any atom is 0.428 e. The molecule has 0 radical (unpaired) electrons. The Morgan fingerprint density at radius 3 is 2.30 bits per heavy atom. The van der Waals surface area contributed by atoms with Crippen molar-refractivity contribution < 1.29 is 32.6 Å². The zero-order valence-corrected chi connectivity index (χ0v) is 13.0. The molecular weight excluding hydrogens is 315 g/mol. The fraction of sp³-hybridized carbons (Fsp3) is 0.467. The number of nitrogens with one attached hydrogen (secondary N) is 1. The number of aryl methyl sites for hydroxylation is 2. The van der Waals surface area contributed by atoms with Crippen molar-refractivity contribution in [2.24, 2.45) is 0 Å². The van der Waals surface area contributed by atoms with Crippen molar-refractivity contribution in [3.05, 3.63) is 29.3 Å². The van der Waals surface area contributed by atoms with Gasteiger partial charge in [0.2, 0.25) is 5.91 Å². The molecule has 0 aromatic heterocycles. The second-order valence-corrected chi connectivity index (χ2v) is 5.10. The molecule has 0 aliphatic heterocycles. The van der Waals surface area contributed by atoms with Gasteiger partial charge < -0.3 is 15.2 Å². The van der Waals surface area contributed by atoms with E-state index in [4.69, 9.17) is 0 Å². The third-order valence-electron chi connectivity index (χ3n) is 3.29. The van der Waals surface area contributed by atoms with E-state index >= 15 is 0 Å². The fourth-order valence-corrected chi connectivity index (χ4v) is 1.80. The van der Waals surface area contributed by atoms with Crippen molar-refractivity contribution in [3.8, 4) is 0 Å². The maximum atomic E-state index is 13.0. The summed E-state index contributed by atoms with van der Waals surface area (Å²) in [6.45, 7) is 4.56. The standard InChI is InChI=1S/C15H18F3NO4/c1-4-23-13(21)14(22,15(16,17)18)8-12(20)19-11-6-5-9(2)10(3)7-11/h5-7,22H,4,8H2,1-3H3,(H,19,20)/t14-/m0/s1. The van der Waals surface area contributed by atoms with Crippen molar-refractivity contribution in [1.82, 2.24) is 0 Å². The average Bonchev–Trinajstić information content (AvgIpc) is 2.41. The number of alkyl halides is 3. The summed E-state index contributed by atoms with van der Waals surface area (Å²) in [4.78, 5) is 23.2. The Labute approximate surface area is 131 Å². The molecule has 8 heteroatoms. The van der Waals surface area contributed by atoms with E-state index in [-0.39, 0.29) is 12.3 Å². The van der Waals surface area contributed by atoms with Gasteiger partial charge in [-0.05, 0) is 44.0 Å². The predicted octanol–water partition coefficient (Wildman–Crippen LogP) is 2.49. The van der Waals surface area contributed by atoms with Gasteiger partial charge in [0.1, 0.15) is 0 Å². The highest BCUT2D eigenvalue weighted by atomic mass is 19.4. The molecule has 0 fully saturated rings. The van der Waals surface area contributed by atoms with Gasteiger partial charge in [0.25, 0.3) is 5.60 Å². The SMILES string of the molecule is CCOC(=O)[C@@](O)(CC(=O)Nc1ccc(C)c(C)c1)C(F)(F)F. The normalized spacial score (nSPS) is 14.0. The van der Waals surface area contributed by atoms with E-state index in [1.54, 1.807) is 19.1 Å². The predicted molar refractivity (Wildman–Crippen MR) is 76.8 cm³/mol. The van der Waals surface area contributed by atoms with Crippen LogP contribution in [0.4, 0.5) is 18.9 Å². The van der Waals surface area contributed by atoms with Gasteiger partial charge >= 0.3 is 12.1 Å². The summed E-state index contributed by atoms with van der Waals surface area (Å²) in [6.07, 6.45) is -6.82. The van der Waals surface area contributed by atoms with Crippen LogP contribution in [0.3, 0.4) is 0 Å². The van der Waals surface area contributed by atoms with Crippen LogP contribution in [0.2, 0.25) is 0 Å². The van der Waals surface area contributed by atoms with Crippen molar-refractivity contribution in [3.63, 3.8) is 0 Å². The zero-order valence-electron chi connectivity index (χ0n) is 13.0. The number of anilines is 1. The van der Waals surface area contributed by atoms with Gasteiger partial charge in [-0.25, -0.2) is 4.79 Å². The van der Waals surface area contributed by atoms with E-state index in [1.807, 2.05) is 6.92 Å². The highest BCUT2D eigenvalue weighted by Crippen LogP contribution is 2.34. The molecule has 0 unspecified atom stereocenters. The van der Waals surface area contributed by atoms with Crippen LogP contribution in [-0.4, -0.2) is 35.4 Å². The molecule has 0 saturated carbocycles. The van der Waals surface area contributed by atoms with Crippen LogP contribution in [0.1, 0.15) is 24.5 Å². The van der Waals surface area contributed by atoms with Crippen LogP contribution in [0.15, 0.2) is 18.2 Å². The number of esters is 1. The minimum Gasteiger partial charge on any atom is -0.464 e. The molecule has 1 atom stereocenters. The van der Waals surface area contributed by atoms with Gasteiger partial charge in [0, 0.05) is 5.69 Å². The Kier molecular flexibility index (Phi) is 5.76. The number of rotatable bonds is 5. The van der Waals surface area contributed by atoms with E-state index in [0.717, 1.165) is 11.1 Å². The highest BCUT2D eigenvalue weighted by Gasteiger charge is 2.61. The largest absolute Gasteiger partial charge is 0.464 e. The molecule has 0 spiro atoms. The van der Waals surface area contributed by atoms with Gasteiger partial charge in [-0.2, -0.15) is 13.2 Å². The summed E-state index contributed by atoms with van der Waals surface area (Å²) < 4.78 is 43.1. The molecule has 0 heterocycles. The molecular formula is C15H18F3NO4. The molecule has 23 heavy (non-hydrogen) atoms. The first-order valence-corrected chi connectivity index (χ1v) is 6.84. The van der Waals surface area contributed by atoms with E-state index in [2.05, 4.69) is 10.1 Å². The van der Waals surface area contributed by atoms with Gasteiger partial charge in [-0.1, -0.05) is 6.07 Å². The maximum absolute atomic E-state index is 13.0. The summed E-state index contributed by atoms with van der Waals surface area (Å²) in [5.74, 6) is -3.05. The van der Waals surface area contributed by atoms with Gasteiger partial charge in [-0.15, -0.1) is 0 Å². The number of hydrogen-bond acceptors (Lipinski definition) is 4. The smallest absolute Gasteiger partial charge is 0.428 e. The number of amides is 1. The highest BCUT2D eigenvalue weighted by molar-refractivity contribution is 5.96. The first-order chi connectivity index (χ1) is 10.5. The van der Waals surface area contributed by atoms with Crippen LogP contribution < -0.4 is 5.32 Å². The molecule has 0 aliphatic carbocycles. The summed E-state index contributed by atoms with van der Waals surface area (Å²) >= 11 is 0. The number of carbonyl (C=O) groups excluding carboxylic acids is 2. The average molecular weight is 333 g/mol. The Balaban J connectivity index is 2.93. The lowest BCUT2D eigenvalue weighted by Gasteiger charge is -2.27.